The molecule has 0 radical (unpaired) electrons. The summed E-state index contributed by atoms with van der Waals surface area (Å²) >= 11 is 3.47. The summed E-state index contributed by atoms with van der Waals surface area (Å²) in [6.07, 6.45) is 0. The first-order valence-corrected chi connectivity index (χ1v) is 12.3. The van der Waals surface area contributed by atoms with Crippen LogP contribution in [0.1, 0.15) is 12.5 Å². The Labute approximate surface area is 217 Å². The summed E-state index contributed by atoms with van der Waals surface area (Å²) in [6, 6.07) is 13.0. The number of piperazine rings is 1. The Hall–Kier alpha value is -3.28. The average molecular weight is 557 g/mol. The maximum Gasteiger partial charge on any atom is 0.304 e. The van der Waals surface area contributed by atoms with E-state index in [0.29, 0.717) is 17.8 Å². The first kappa shape index (κ1) is 25.8. The number of benzene rings is 2. The molecule has 1 aliphatic heterocycles. The lowest BCUT2D eigenvalue weighted by Crippen LogP contribution is -2.44. The quantitative estimate of drug-likeness (QED) is 0.251. The lowest BCUT2D eigenvalue weighted by molar-refractivity contribution is -0.122. The fourth-order valence-corrected chi connectivity index (χ4v) is 4.29. The van der Waals surface area contributed by atoms with Crippen LogP contribution < -0.4 is 4.74 Å². The number of halogens is 1. The largest absolute Gasteiger partial charge is 0.497 e. The summed E-state index contributed by atoms with van der Waals surface area (Å²) in [7, 11) is 3.70. The molecule has 11 heteroatoms. The van der Waals surface area contributed by atoms with Gasteiger partial charge in [-0.05, 0) is 62.0 Å². The highest BCUT2D eigenvalue weighted by atomic mass is 79.9. The molecule has 0 spiro atoms. The molecular formula is C25H29BrN6O4. The Morgan fingerprint density at radius 1 is 1.11 bits per heavy atom. The molecule has 0 unspecified atom stereocenters. The average Bonchev–Trinajstić information content (AvgIpc) is 3.13. The number of ether oxygens (including phenoxy) is 1. The molecule has 1 N–H and O–H groups in total. The minimum absolute atomic E-state index is 0.0344. The molecular weight excluding hydrogens is 528 g/mol. The molecule has 10 nitrogen and oxygen atoms in total. The number of amides is 1. The molecule has 1 saturated heterocycles. The fraction of sp³-hybridized carbons (Fsp3) is 0.360. The number of methoxy groups -OCH3 is 1. The van der Waals surface area contributed by atoms with Gasteiger partial charge in [0.25, 0.3) is 0 Å². The minimum atomic E-state index is -0.615. The summed E-state index contributed by atoms with van der Waals surface area (Å²) in [5.41, 5.74) is 2.50. The molecule has 36 heavy (non-hydrogen) atoms. The van der Waals surface area contributed by atoms with Gasteiger partial charge >= 0.3 is 5.91 Å². The van der Waals surface area contributed by atoms with Crippen molar-refractivity contribution in [1.82, 2.24) is 14.4 Å². The van der Waals surface area contributed by atoms with Crippen LogP contribution in [0.2, 0.25) is 0 Å². The van der Waals surface area contributed by atoms with Crippen molar-refractivity contribution in [2.75, 3.05) is 46.9 Å². The third kappa shape index (κ3) is 6.10. The van der Waals surface area contributed by atoms with E-state index in [1.165, 1.54) is 0 Å². The summed E-state index contributed by atoms with van der Waals surface area (Å²) < 4.78 is 7.78. The van der Waals surface area contributed by atoms with E-state index in [2.05, 4.69) is 48.2 Å². The summed E-state index contributed by atoms with van der Waals surface area (Å²) in [5, 5.41) is 23.5. The molecule has 1 fully saturated rings. The van der Waals surface area contributed by atoms with Crippen molar-refractivity contribution in [2.45, 2.75) is 13.6 Å². The molecule has 4 rings (SSSR count). The number of rotatable bonds is 8. The number of aromatic nitrogens is 1. The van der Waals surface area contributed by atoms with Crippen molar-refractivity contribution in [3.63, 3.8) is 0 Å². The zero-order valence-corrected chi connectivity index (χ0v) is 22.1. The van der Waals surface area contributed by atoms with Crippen LogP contribution in [0.25, 0.3) is 10.9 Å². The molecule has 2 aromatic carbocycles. The Bertz CT molecular complexity index is 1280. The maximum atomic E-state index is 12.3. The van der Waals surface area contributed by atoms with Gasteiger partial charge in [-0.1, -0.05) is 21.1 Å². The van der Waals surface area contributed by atoms with Crippen LogP contribution in [-0.2, 0) is 16.3 Å². The normalized spacial score (nSPS) is 15.6. The zero-order chi connectivity index (χ0) is 25.7. The number of aromatic hydroxyl groups is 1. The third-order valence-corrected chi connectivity index (χ3v) is 6.56. The second-order valence-corrected chi connectivity index (χ2v) is 9.51. The maximum absolute atomic E-state index is 12.3. The molecule has 2 heterocycles. The molecule has 3 aromatic rings. The molecule has 0 aliphatic carbocycles. The van der Waals surface area contributed by atoms with E-state index in [1.807, 2.05) is 42.5 Å². The van der Waals surface area contributed by atoms with Crippen molar-refractivity contribution in [2.24, 2.45) is 15.4 Å². The van der Waals surface area contributed by atoms with Crippen LogP contribution in [0.3, 0.4) is 0 Å². The van der Waals surface area contributed by atoms with Gasteiger partial charge in [-0.25, -0.2) is 0 Å². The Balaban J connectivity index is 1.46. The lowest BCUT2D eigenvalue weighted by Gasteiger charge is -2.32. The van der Waals surface area contributed by atoms with Crippen molar-refractivity contribution in [1.29, 1.82) is 0 Å². The second kappa shape index (κ2) is 11.6. The third-order valence-electron chi connectivity index (χ3n) is 6.07. The highest BCUT2D eigenvalue weighted by molar-refractivity contribution is 9.10. The van der Waals surface area contributed by atoms with Gasteiger partial charge in [0.15, 0.2) is 12.3 Å². The Morgan fingerprint density at radius 2 is 1.83 bits per heavy atom. The molecule has 0 saturated carbocycles. The standard InChI is InChI=1S/C25H29BrN6O4/c1-17(18-4-7-20(35-3)8-5-18)29-36-15-23(33)27-28-24-21-14-19(26)6-9-22(21)32(25(24)34)16-31-12-10-30(2)11-13-31/h4-9,14,34H,10-13,15-16H2,1-3H3. The molecule has 0 atom stereocenters. The van der Waals surface area contributed by atoms with Crippen molar-refractivity contribution < 1.29 is 19.5 Å². The lowest BCUT2D eigenvalue weighted by atomic mass is 10.1. The van der Waals surface area contributed by atoms with Gasteiger partial charge < -0.3 is 19.6 Å². The number of oxime groups is 1. The zero-order valence-electron chi connectivity index (χ0n) is 20.5. The number of hydrogen-bond donors (Lipinski definition) is 1. The monoisotopic (exact) mass is 556 g/mol. The van der Waals surface area contributed by atoms with E-state index in [9.17, 15) is 9.90 Å². The fourth-order valence-electron chi connectivity index (χ4n) is 3.93. The van der Waals surface area contributed by atoms with Gasteiger partial charge in [0.1, 0.15) is 5.75 Å². The number of likely N-dealkylation sites (N-methyl/N-ethyl adjacent to an activating group) is 1. The molecule has 1 aromatic heterocycles. The van der Waals surface area contributed by atoms with E-state index in [-0.39, 0.29) is 18.2 Å². The van der Waals surface area contributed by atoms with Crippen molar-refractivity contribution >= 4 is 44.1 Å². The second-order valence-electron chi connectivity index (χ2n) is 8.60. The topological polar surface area (TPSA) is 104 Å². The van der Waals surface area contributed by atoms with Crippen LogP contribution in [0.4, 0.5) is 5.69 Å². The molecule has 190 valence electrons. The first-order chi connectivity index (χ1) is 17.4. The number of carbonyl (C=O) groups excluding carboxylic acids is 1. The smallest absolute Gasteiger partial charge is 0.304 e. The van der Waals surface area contributed by atoms with E-state index in [0.717, 1.165) is 47.5 Å². The van der Waals surface area contributed by atoms with E-state index in [4.69, 9.17) is 9.57 Å². The molecule has 1 aliphatic rings. The minimum Gasteiger partial charge on any atom is -0.497 e. The summed E-state index contributed by atoms with van der Waals surface area (Å²) in [5.74, 6) is 0.0896. The Kier molecular flexibility index (Phi) is 8.34. The van der Waals surface area contributed by atoms with E-state index < -0.39 is 5.91 Å². The SMILES string of the molecule is COc1ccc(C(C)=NOCC(=O)N=Nc2c(O)n(CN3CCN(C)CC3)c3ccc(Br)cc23)cc1. The van der Waals surface area contributed by atoms with Crippen LogP contribution in [0.5, 0.6) is 11.6 Å². The highest BCUT2D eigenvalue weighted by Crippen LogP contribution is 2.40. The van der Waals surface area contributed by atoms with Crippen molar-refractivity contribution in [3.05, 3.63) is 52.5 Å². The van der Waals surface area contributed by atoms with Gasteiger partial charge in [0.05, 0.1) is 25.0 Å². The van der Waals surface area contributed by atoms with Crippen LogP contribution >= 0.6 is 15.9 Å². The van der Waals surface area contributed by atoms with Crippen LogP contribution in [0, 0.1) is 0 Å². The van der Waals surface area contributed by atoms with E-state index >= 15 is 0 Å². The van der Waals surface area contributed by atoms with Gasteiger partial charge in [-0.3, -0.25) is 14.3 Å². The summed E-state index contributed by atoms with van der Waals surface area (Å²) in [4.78, 5) is 22.0. The van der Waals surface area contributed by atoms with Gasteiger partial charge in [-0.15, -0.1) is 10.2 Å². The molecule has 1 amide bonds. The number of azo groups is 1. The number of nitrogens with zero attached hydrogens (tertiary/aromatic N) is 6. The predicted octanol–water partition coefficient (Wildman–Crippen LogP) is 4.37. The van der Waals surface area contributed by atoms with Gasteiger partial charge in [0, 0.05) is 36.0 Å². The van der Waals surface area contributed by atoms with Crippen LogP contribution in [-0.4, -0.2) is 78.0 Å². The summed E-state index contributed by atoms with van der Waals surface area (Å²) in [6.45, 7) is 5.65. The van der Waals surface area contributed by atoms with E-state index in [1.54, 1.807) is 18.6 Å². The van der Waals surface area contributed by atoms with Crippen molar-refractivity contribution in [3.8, 4) is 11.6 Å². The first-order valence-electron chi connectivity index (χ1n) is 11.5. The number of hydrogen-bond acceptors (Lipinski definition) is 8. The van der Waals surface area contributed by atoms with Gasteiger partial charge in [0.2, 0.25) is 5.88 Å². The Morgan fingerprint density at radius 3 is 2.53 bits per heavy atom. The molecule has 0 bridgehead atoms. The van der Waals surface area contributed by atoms with Gasteiger partial charge in [-0.2, -0.15) is 0 Å². The highest BCUT2D eigenvalue weighted by Gasteiger charge is 2.21. The number of carbonyl (C=O) groups is 1. The van der Waals surface area contributed by atoms with Crippen LogP contribution in [0.15, 0.2) is 62.3 Å². The number of fused-ring (bicyclic) bond motifs is 1. The predicted molar refractivity (Wildman–Crippen MR) is 141 cm³/mol.